The van der Waals surface area contributed by atoms with Gasteiger partial charge in [-0.25, -0.2) is 0 Å². The Labute approximate surface area is 109 Å². The van der Waals surface area contributed by atoms with E-state index in [0.29, 0.717) is 5.56 Å². The highest BCUT2D eigenvalue weighted by molar-refractivity contribution is 5.94. The first kappa shape index (κ1) is 14.6. The summed E-state index contributed by atoms with van der Waals surface area (Å²) in [5.74, 6) is -0.844. The lowest BCUT2D eigenvalue weighted by molar-refractivity contribution is -0.384. The molecular weight excluding hydrogens is 250 g/mol. The average molecular weight is 263 g/mol. The predicted molar refractivity (Wildman–Crippen MR) is 68.4 cm³/mol. The van der Waals surface area contributed by atoms with Gasteiger partial charge >= 0.3 is 5.97 Å². The highest BCUT2D eigenvalue weighted by Crippen LogP contribution is 2.13. The molecule has 6 heteroatoms. The number of nitro benzene ring substituents is 1. The summed E-state index contributed by atoms with van der Waals surface area (Å²) in [4.78, 5) is 31.7. The van der Waals surface area contributed by atoms with Crippen LogP contribution in [0, 0.1) is 10.1 Å². The fourth-order valence-electron chi connectivity index (χ4n) is 1.32. The molecule has 0 aliphatic rings. The van der Waals surface area contributed by atoms with Gasteiger partial charge in [-0.05, 0) is 18.6 Å². The molecule has 0 atom stereocenters. The van der Waals surface area contributed by atoms with Crippen LogP contribution >= 0.6 is 0 Å². The number of benzene rings is 1. The summed E-state index contributed by atoms with van der Waals surface area (Å²) in [6.45, 7) is 1.33. The van der Waals surface area contributed by atoms with Crippen LogP contribution in [0.1, 0.15) is 18.9 Å². The van der Waals surface area contributed by atoms with Gasteiger partial charge in [0, 0.05) is 12.1 Å². The zero-order valence-electron chi connectivity index (χ0n) is 10.4. The smallest absolute Gasteiger partial charge is 0.313 e. The first-order chi connectivity index (χ1) is 8.99. The molecule has 1 rings (SSSR count). The number of hydrogen-bond acceptors (Lipinski definition) is 5. The van der Waals surface area contributed by atoms with Crippen molar-refractivity contribution in [2.45, 2.75) is 13.3 Å². The van der Waals surface area contributed by atoms with E-state index in [0.717, 1.165) is 0 Å². The van der Waals surface area contributed by atoms with E-state index < -0.39 is 10.9 Å². The zero-order valence-corrected chi connectivity index (χ0v) is 10.4. The van der Waals surface area contributed by atoms with Crippen molar-refractivity contribution in [3.8, 4) is 0 Å². The molecule has 0 aliphatic carbocycles. The lowest BCUT2D eigenvalue weighted by Gasteiger charge is -1.99. The molecule has 1 aromatic rings. The molecular formula is C13H13NO5. The first-order valence-electron chi connectivity index (χ1n) is 5.55. The molecule has 0 aromatic heterocycles. The number of non-ortho nitro benzene ring substituents is 1. The summed E-state index contributed by atoms with van der Waals surface area (Å²) in [7, 11) is 0. The van der Waals surface area contributed by atoms with E-state index in [4.69, 9.17) is 4.74 Å². The Morgan fingerprint density at radius 3 is 2.79 bits per heavy atom. The van der Waals surface area contributed by atoms with Crippen LogP contribution in [0.3, 0.4) is 0 Å². The third kappa shape index (κ3) is 5.58. The molecule has 0 saturated carbocycles. The third-order valence-corrected chi connectivity index (χ3v) is 2.13. The maximum Gasteiger partial charge on any atom is 0.313 e. The summed E-state index contributed by atoms with van der Waals surface area (Å²) in [5.41, 5.74) is 0.632. The second kappa shape index (κ2) is 7.05. The lowest BCUT2D eigenvalue weighted by atomic mass is 10.2. The molecule has 0 amide bonds. The summed E-state index contributed by atoms with van der Waals surface area (Å²) < 4.78 is 4.77. The molecule has 6 nitrogen and oxygen atoms in total. The minimum Gasteiger partial charge on any atom is -0.461 e. The van der Waals surface area contributed by atoms with Crippen LogP contribution in [0.4, 0.5) is 5.69 Å². The van der Waals surface area contributed by atoms with Gasteiger partial charge in [0.1, 0.15) is 18.8 Å². The van der Waals surface area contributed by atoms with E-state index in [1.54, 1.807) is 24.3 Å². The molecule has 0 saturated heterocycles. The maximum absolute atomic E-state index is 11.0. The second-order valence-corrected chi connectivity index (χ2v) is 3.82. The van der Waals surface area contributed by atoms with Gasteiger partial charge in [-0.1, -0.05) is 18.2 Å². The standard InChI is InChI=1S/C13H13NO5/c1-10(15)8-13(16)19-7-3-5-11-4-2-6-12(9-11)14(17)18/h2-6,9H,7-8H2,1H3. The summed E-state index contributed by atoms with van der Waals surface area (Å²) >= 11 is 0. The quantitative estimate of drug-likeness (QED) is 0.339. The normalized spacial score (nSPS) is 10.4. The zero-order chi connectivity index (χ0) is 14.3. The van der Waals surface area contributed by atoms with Gasteiger partial charge in [0.2, 0.25) is 0 Å². The van der Waals surface area contributed by atoms with Crippen molar-refractivity contribution >= 4 is 23.5 Å². The van der Waals surface area contributed by atoms with Gasteiger partial charge in [-0.3, -0.25) is 19.7 Å². The number of nitro groups is 1. The molecule has 0 fully saturated rings. The number of hydrogen-bond donors (Lipinski definition) is 0. The van der Waals surface area contributed by atoms with Crippen LogP contribution in [0.25, 0.3) is 6.08 Å². The minimum atomic E-state index is -0.587. The van der Waals surface area contributed by atoms with Crippen LogP contribution in [0.5, 0.6) is 0 Å². The van der Waals surface area contributed by atoms with Crippen LogP contribution in [0.2, 0.25) is 0 Å². The van der Waals surface area contributed by atoms with E-state index in [1.807, 2.05) is 0 Å². The second-order valence-electron chi connectivity index (χ2n) is 3.82. The molecule has 0 bridgehead atoms. The largest absolute Gasteiger partial charge is 0.461 e. The SMILES string of the molecule is CC(=O)CC(=O)OCC=Cc1cccc([N+](=O)[O-])c1. The van der Waals surface area contributed by atoms with E-state index in [9.17, 15) is 19.7 Å². The highest BCUT2D eigenvalue weighted by atomic mass is 16.6. The van der Waals surface area contributed by atoms with Gasteiger partial charge in [0.15, 0.2) is 0 Å². The van der Waals surface area contributed by atoms with Crippen molar-refractivity contribution in [3.63, 3.8) is 0 Å². The number of esters is 1. The molecule has 0 spiro atoms. The summed E-state index contributed by atoms with van der Waals surface area (Å²) in [6.07, 6.45) is 2.91. The lowest BCUT2D eigenvalue weighted by Crippen LogP contribution is -2.08. The number of carbonyl (C=O) groups excluding carboxylic acids is 2. The molecule has 0 radical (unpaired) electrons. The van der Waals surface area contributed by atoms with Gasteiger partial charge in [-0.2, -0.15) is 0 Å². The number of carbonyl (C=O) groups is 2. The summed E-state index contributed by atoms with van der Waals surface area (Å²) in [5, 5.41) is 10.6. The number of ether oxygens (including phenoxy) is 1. The predicted octanol–water partition coefficient (Wildman–Crippen LogP) is 2.13. The van der Waals surface area contributed by atoms with Crippen molar-refractivity contribution in [1.82, 2.24) is 0 Å². The van der Waals surface area contributed by atoms with Gasteiger partial charge in [-0.15, -0.1) is 0 Å². The number of ketones is 1. The topological polar surface area (TPSA) is 86.5 Å². The van der Waals surface area contributed by atoms with Crippen LogP contribution in [-0.4, -0.2) is 23.3 Å². The Bertz CT molecular complexity index is 522. The van der Waals surface area contributed by atoms with Crippen molar-refractivity contribution in [2.24, 2.45) is 0 Å². The number of Topliss-reactive ketones (excluding diaryl/α,β-unsaturated/α-hetero) is 1. The average Bonchev–Trinajstić information content (AvgIpc) is 2.34. The van der Waals surface area contributed by atoms with E-state index in [-0.39, 0.29) is 24.5 Å². The highest BCUT2D eigenvalue weighted by Gasteiger charge is 2.05. The molecule has 100 valence electrons. The molecule has 0 heterocycles. The van der Waals surface area contributed by atoms with Crippen molar-refractivity contribution in [3.05, 3.63) is 46.0 Å². The molecule has 0 unspecified atom stereocenters. The minimum absolute atomic E-state index is 0.00396. The summed E-state index contributed by atoms with van der Waals surface area (Å²) in [6, 6.07) is 6.07. The van der Waals surface area contributed by atoms with E-state index in [1.165, 1.54) is 19.1 Å². The van der Waals surface area contributed by atoms with Gasteiger partial charge in [0.05, 0.1) is 4.92 Å². The first-order valence-corrected chi connectivity index (χ1v) is 5.55. The Morgan fingerprint density at radius 2 is 2.16 bits per heavy atom. The number of rotatable bonds is 6. The molecule has 1 aromatic carbocycles. The maximum atomic E-state index is 11.0. The monoisotopic (exact) mass is 263 g/mol. The fraction of sp³-hybridized carbons (Fsp3) is 0.231. The van der Waals surface area contributed by atoms with E-state index in [2.05, 4.69) is 0 Å². The third-order valence-electron chi connectivity index (χ3n) is 2.13. The van der Waals surface area contributed by atoms with Crippen molar-refractivity contribution in [1.29, 1.82) is 0 Å². The fourth-order valence-corrected chi connectivity index (χ4v) is 1.32. The van der Waals surface area contributed by atoms with Crippen molar-refractivity contribution < 1.29 is 19.2 Å². The number of nitrogens with zero attached hydrogens (tertiary/aromatic N) is 1. The van der Waals surface area contributed by atoms with Gasteiger partial charge < -0.3 is 4.74 Å². The Hall–Kier alpha value is -2.50. The van der Waals surface area contributed by atoms with Crippen LogP contribution in [0.15, 0.2) is 30.3 Å². The molecule has 0 aliphatic heterocycles. The van der Waals surface area contributed by atoms with Crippen LogP contribution < -0.4 is 0 Å². The Kier molecular flexibility index (Phi) is 5.40. The van der Waals surface area contributed by atoms with Crippen molar-refractivity contribution in [2.75, 3.05) is 6.61 Å². The van der Waals surface area contributed by atoms with Crippen LogP contribution in [-0.2, 0) is 14.3 Å². The molecule has 19 heavy (non-hydrogen) atoms. The van der Waals surface area contributed by atoms with E-state index >= 15 is 0 Å². The Balaban J connectivity index is 2.49. The molecule has 0 N–H and O–H groups in total. The van der Waals surface area contributed by atoms with Gasteiger partial charge in [0.25, 0.3) is 5.69 Å². The Morgan fingerprint density at radius 1 is 1.42 bits per heavy atom.